The van der Waals surface area contributed by atoms with Gasteiger partial charge in [-0.2, -0.15) is 0 Å². The first-order valence-corrected chi connectivity index (χ1v) is 7.86. The van der Waals surface area contributed by atoms with Crippen molar-refractivity contribution in [3.05, 3.63) is 12.2 Å². The van der Waals surface area contributed by atoms with Crippen LogP contribution < -0.4 is 5.32 Å². The Morgan fingerprint density at radius 3 is 2.78 bits per heavy atom. The van der Waals surface area contributed by atoms with Gasteiger partial charge in [0, 0.05) is 31.2 Å². The third kappa shape index (κ3) is 3.36. The summed E-state index contributed by atoms with van der Waals surface area (Å²) < 4.78 is 0. The summed E-state index contributed by atoms with van der Waals surface area (Å²) in [6.45, 7) is 9.48. The molecule has 1 aliphatic heterocycles. The molecule has 18 heavy (non-hydrogen) atoms. The molecule has 104 valence electrons. The summed E-state index contributed by atoms with van der Waals surface area (Å²) in [5, 5.41) is 3.76. The quantitative estimate of drug-likeness (QED) is 0.771. The van der Waals surface area contributed by atoms with Crippen LogP contribution in [0.2, 0.25) is 0 Å². The van der Waals surface area contributed by atoms with Crippen LogP contribution in [0.5, 0.6) is 0 Å². The largest absolute Gasteiger partial charge is 0.311 e. The highest BCUT2D eigenvalue weighted by atomic mass is 15.3. The van der Waals surface area contributed by atoms with Crippen molar-refractivity contribution in [3.63, 3.8) is 0 Å². The highest BCUT2D eigenvalue weighted by Gasteiger charge is 2.33. The smallest absolute Gasteiger partial charge is 0.0247 e. The molecule has 1 fully saturated rings. The van der Waals surface area contributed by atoms with E-state index in [9.17, 15) is 0 Å². The molecule has 2 aliphatic rings. The molecule has 1 N–H and O–H groups in total. The van der Waals surface area contributed by atoms with Crippen LogP contribution in [-0.2, 0) is 0 Å². The summed E-state index contributed by atoms with van der Waals surface area (Å²) in [6, 6.07) is 2.24. The maximum atomic E-state index is 3.76. The van der Waals surface area contributed by atoms with Gasteiger partial charge in [0.25, 0.3) is 0 Å². The summed E-state index contributed by atoms with van der Waals surface area (Å²) >= 11 is 0. The van der Waals surface area contributed by atoms with Crippen LogP contribution >= 0.6 is 0 Å². The minimum Gasteiger partial charge on any atom is -0.311 e. The highest BCUT2D eigenvalue weighted by molar-refractivity contribution is 4.98. The molecular formula is C16H30N2. The van der Waals surface area contributed by atoms with E-state index in [0.29, 0.717) is 0 Å². The van der Waals surface area contributed by atoms with Crippen LogP contribution in [0.3, 0.4) is 0 Å². The van der Waals surface area contributed by atoms with Crippen LogP contribution in [0.25, 0.3) is 0 Å². The Labute approximate surface area is 113 Å². The zero-order chi connectivity index (χ0) is 13.0. The standard InChI is InChI=1S/C16H30N2/c1-4-8-14-12-18(15-9-6-5-7-10-15)16(11-17-14)13(2)3/h5-6,13-17H,4,7-12H2,1-3H3. The van der Waals surface area contributed by atoms with Gasteiger partial charge in [-0.1, -0.05) is 39.3 Å². The average Bonchev–Trinajstić information content (AvgIpc) is 2.40. The minimum atomic E-state index is 0.718. The molecule has 3 unspecified atom stereocenters. The van der Waals surface area contributed by atoms with Crippen molar-refractivity contribution in [2.75, 3.05) is 13.1 Å². The normalized spacial score (nSPS) is 34.1. The molecule has 1 aliphatic carbocycles. The average molecular weight is 250 g/mol. The van der Waals surface area contributed by atoms with Crippen LogP contribution in [0, 0.1) is 5.92 Å². The topological polar surface area (TPSA) is 15.3 Å². The van der Waals surface area contributed by atoms with Crippen molar-refractivity contribution in [3.8, 4) is 0 Å². The first kappa shape index (κ1) is 14.1. The van der Waals surface area contributed by atoms with E-state index >= 15 is 0 Å². The first-order valence-electron chi connectivity index (χ1n) is 7.86. The summed E-state index contributed by atoms with van der Waals surface area (Å²) in [6.07, 6.45) is 11.3. The lowest BCUT2D eigenvalue weighted by molar-refractivity contribution is 0.0494. The molecule has 1 heterocycles. The van der Waals surface area contributed by atoms with E-state index < -0.39 is 0 Å². The molecule has 0 amide bonds. The molecule has 2 rings (SSSR count). The van der Waals surface area contributed by atoms with Gasteiger partial charge in [0.1, 0.15) is 0 Å². The van der Waals surface area contributed by atoms with Crippen molar-refractivity contribution >= 4 is 0 Å². The predicted octanol–water partition coefficient (Wildman–Crippen LogP) is 3.19. The van der Waals surface area contributed by atoms with E-state index in [-0.39, 0.29) is 0 Å². The number of nitrogens with one attached hydrogen (secondary N) is 1. The van der Waals surface area contributed by atoms with E-state index in [1.807, 2.05) is 0 Å². The zero-order valence-electron chi connectivity index (χ0n) is 12.4. The number of hydrogen-bond acceptors (Lipinski definition) is 2. The van der Waals surface area contributed by atoms with Gasteiger partial charge in [-0.05, 0) is 31.6 Å². The number of piperazine rings is 1. The number of allylic oxidation sites excluding steroid dienone is 1. The molecule has 1 saturated heterocycles. The fourth-order valence-electron chi connectivity index (χ4n) is 3.52. The summed E-state index contributed by atoms with van der Waals surface area (Å²) in [4.78, 5) is 2.82. The number of rotatable bonds is 4. The van der Waals surface area contributed by atoms with Gasteiger partial charge in [0.05, 0.1) is 0 Å². The van der Waals surface area contributed by atoms with Gasteiger partial charge in [0.2, 0.25) is 0 Å². The SMILES string of the molecule is CCCC1CN(C2CC=CCC2)C(C(C)C)CN1. The fraction of sp³-hybridized carbons (Fsp3) is 0.875. The number of nitrogens with zero attached hydrogens (tertiary/aromatic N) is 1. The van der Waals surface area contributed by atoms with Gasteiger partial charge in [-0.3, -0.25) is 4.90 Å². The molecule has 3 atom stereocenters. The van der Waals surface area contributed by atoms with Crippen LogP contribution in [0.4, 0.5) is 0 Å². The second kappa shape index (κ2) is 6.72. The Hall–Kier alpha value is -0.340. The maximum absolute atomic E-state index is 3.76. The zero-order valence-corrected chi connectivity index (χ0v) is 12.4. The Balaban J connectivity index is 2.01. The molecule has 0 aromatic carbocycles. The lowest BCUT2D eigenvalue weighted by atomic mass is 9.91. The lowest BCUT2D eigenvalue weighted by Crippen LogP contribution is -2.61. The van der Waals surface area contributed by atoms with E-state index in [0.717, 1.165) is 24.0 Å². The number of hydrogen-bond donors (Lipinski definition) is 1. The summed E-state index contributed by atoms with van der Waals surface area (Å²) in [7, 11) is 0. The highest BCUT2D eigenvalue weighted by Crippen LogP contribution is 2.25. The van der Waals surface area contributed by atoms with Crippen LogP contribution in [-0.4, -0.2) is 36.1 Å². The molecule has 0 aromatic rings. The van der Waals surface area contributed by atoms with Gasteiger partial charge >= 0.3 is 0 Å². The second-order valence-electron chi connectivity index (χ2n) is 6.34. The first-order chi connectivity index (χ1) is 8.72. The van der Waals surface area contributed by atoms with Crippen molar-refractivity contribution in [2.45, 2.75) is 71.0 Å². The second-order valence-corrected chi connectivity index (χ2v) is 6.34. The molecule has 0 spiro atoms. The van der Waals surface area contributed by atoms with Gasteiger partial charge < -0.3 is 5.32 Å². The molecule has 2 heteroatoms. The summed E-state index contributed by atoms with van der Waals surface area (Å²) in [5.74, 6) is 0.756. The van der Waals surface area contributed by atoms with E-state index in [1.54, 1.807) is 0 Å². The summed E-state index contributed by atoms with van der Waals surface area (Å²) in [5.41, 5.74) is 0. The van der Waals surface area contributed by atoms with Crippen LogP contribution in [0.15, 0.2) is 12.2 Å². The van der Waals surface area contributed by atoms with Crippen molar-refractivity contribution in [1.29, 1.82) is 0 Å². The third-order valence-electron chi connectivity index (χ3n) is 4.59. The Bertz CT molecular complexity index is 272. The van der Waals surface area contributed by atoms with Crippen LogP contribution in [0.1, 0.15) is 52.9 Å². The van der Waals surface area contributed by atoms with Crippen molar-refractivity contribution < 1.29 is 0 Å². The van der Waals surface area contributed by atoms with Gasteiger partial charge in [0.15, 0.2) is 0 Å². The fourth-order valence-corrected chi connectivity index (χ4v) is 3.52. The monoisotopic (exact) mass is 250 g/mol. The Kier molecular flexibility index (Phi) is 5.25. The molecule has 2 nitrogen and oxygen atoms in total. The third-order valence-corrected chi connectivity index (χ3v) is 4.59. The molecule has 0 aromatic heterocycles. The Morgan fingerprint density at radius 2 is 2.17 bits per heavy atom. The van der Waals surface area contributed by atoms with E-state index in [2.05, 4.69) is 43.1 Å². The Morgan fingerprint density at radius 1 is 1.33 bits per heavy atom. The lowest BCUT2D eigenvalue weighted by Gasteiger charge is -2.47. The van der Waals surface area contributed by atoms with E-state index in [4.69, 9.17) is 0 Å². The van der Waals surface area contributed by atoms with Gasteiger partial charge in [-0.25, -0.2) is 0 Å². The van der Waals surface area contributed by atoms with E-state index in [1.165, 1.54) is 45.2 Å². The molecule has 0 bridgehead atoms. The minimum absolute atomic E-state index is 0.718. The molecule has 0 radical (unpaired) electrons. The molecule has 0 saturated carbocycles. The van der Waals surface area contributed by atoms with Crippen molar-refractivity contribution in [2.24, 2.45) is 5.92 Å². The molecular weight excluding hydrogens is 220 g/mol. The maximum Gasteiger partial charge on any atom is 0.0247 e. The predicted molar refractivity (Wildman–Crippen MR) is 78.8 cm³/mol. The van der Waals surface area contributed by atoms with Crippen molar-refractivity contribution in [1.82, 2.24) is 10.2 Å². The van der Waals surface area contributed by atoms with Gasteiger partial charge in [-0.15, -0.1) is 0 Å².